The molecule has 23 heavy (non-hydrogen) atoms. The molecule has 120 valence electrons. The van der Waals surface area contributed by atoms with E-state index >= 15 is 0 Å². The number of furan rings is 1. The van der Waals surface area contributed by atoms with Crippen LogP contribution in [0.3, 0.4) is 0 Å². The van der Waals surface area contributed by atoms with Crippen LogP contribution in [0.5, 0.6) is 0 Å². The summed E-state index contributed by atoms with van der Waals surface area (Å²) in [7, 11) is 0. The van der Waals surface area contributed by atoms with Gasteiger partial charge < -0.3 is 8.94 Å². The van der Waals surface area contributed by atoms with Crippen molar-refractivity contribution in [2.45, 2.75) is 33.4 Å². The molecule has 1 N–H and O–H groups in total. The summed E-state index contributed by atoms with van der Waals surface area (Å²) in [5, 5.41) is 7.50. The first-order valence-corrected chi connectivity index (χ1v) is 7.66. The number of rotatable bonds is 6. The summed E-state index contributed by atoms with van der Waals surface area (Å²) in [5.41, 5.74) is 0.888. The molecule has 0 radical (unpaired) electrons. The van der Waals surface area contributed by atoms with Crippen LogP contribution in [0.2, 0.25) is 0 Å². The first-order chi connectivity index (χ1) is 11.1. The monoisotopic (exact) mass is 312 g/mol. The quantitative estimate of drug-likeness (QED) is 0.750. The van der Waals surface area contributed by atoms with Gasteiger partial charge in [-0.3, -0.25) is 10.3 Å². The summed E-state index contributed by atoms with van der Waals surface area (Å²) >= 11 is 0. The van der Waals surface area contributed by atoms with E-state index in [2.05, 4.69) is 34.3 Å². The number of hydrogen-bond donors (Lipinski definition) is 1. The maximum atomic E-state index is 5.59. The second kappa shape index (κ2) is 6.75. The Bertz CT molecular complexity index is 749. The van der Waals surface area contributed by atoms with Gasteiger partial charge in [-0.25, -0.2) is 0 Å². The largest absolute Gasteiger partial charge is 0.465 e. The fraction of sp³-hybridized carbons (Fsp3) is 0.353. The van der Waals surface area contributed by atoms with Crippen molar-refractivity contribution in [1.29, 1.82) is 0 Å². The van der Waals surface area contributed by atoms with Crippen LogP contribution in [0.25, 0.3) is 11.4 Å². The molecule has 0 aliphatic rings. The number of nitrogens with one attached hydrogen (secondary N) is 1. The van der Waals surface area contributed by atoms with Gasteiger partial charge in [0.1, 0.15) is 11.5 Å². The molecule has 1 unspecified atom stereocenters. The Morgan fingerprint density at radius 3 is 2.57 bits per heavy atom. The van der Waals surface area contributed by atoms with E-state index < -0.39 is 0 Å². The van der Waals surface area contributed by atoms with E-state index in [1.165, 1.54) is 0 Å². The molecule has 3 rings (SSSR count). The van der Waals surface area contributed by atoms with Crippen molar-refractivity contribution in [1.82, 2.24) is 20.4 Å². The molecular formula is C17H20N4O2. The third-order valence-electron chi connectivity index (χ3n) is 3.61. The summed E-state index contributed by atoms with van der Waals surface area (Å²) in [4.78, 5) is 8.52. The zero-order chi connectivity index (χ0) is 16.2. The first kappa shape index (κ1) is 15.4. The van der Waals surface area contributed by atoms with E-state index in [9.17, 15) is 0 Å². The molecular weight excluding hydrogens is 292 g/mol. The number of nitrogens with zero attached hydrogens (tertiary/aromatic N) is 3. The lowest BCUT2D eigenvalue weighted by Crippen LogP contribution is -2.25. The van der Waals surface area contributed by atoms with Gasteiger partial charge in [-0.15, -0.1) is 0 Å². The van der Waals surface area contributed by atoms with Crippen LogP contribution in [0.15, 0.2) is 45.6 Å². The van der Waals surface area contributed by atoms with Crippen molar-refractivity contribution in [2.75, 3.05) is 0 Å². The minimum atomic E-state index is -0.0384. The molecule has 0 bridgehead atoms. The van der Waals surface area contributed by atoms with Crippen molar-refractivity contribution in [3.8, 4) is 11.4 Å². The van der Waals surface area contributed by atoms with Crippen molar-refractivity contribution < 1.29 is 8.94 Å². The van der Waals surface area contributed by atoms with E-state index in [1.54, 1.807) is 12.4 Å². The SMILES string of the molecule is Cc1ccc(CNC(c2nc(-c3ccncc3)no2)C(C)C)o1. The lowest BCUT2D eigenvalue weighted by atomic mass is 10.0. The van der Waals surface area contributed by atoms with Crippen LogP contribution in [0, 0.1) is 12.8 Å². The van der Waals surface area contributed by atoms with Gasteiger partial charge >= 0.3 is 0 Å². The normalized spacial score (nSPS) is 12.7. The average Bonchev–Trinajstić information content (AvgIpc) is 3.18. The lowest BCUT2D eigenvalue weighted by molar-refractivity contribution is 0.282. The Labute approximate surface area is 134 Å². The number of hydrogen-bond acceptors (Lipinski definition) is 6. The highest BCUT2D eigenvalue weighted by atomic mass is 16.5. The van der Waals surface area contributed by atoms with E-state index in [4.69, 9.17) is 8.94 Å². The van der Waals surface area contributed by atoms with Crippen molar-refractivity contribution in [3.05, 3.63) is 54.1 Å². The maximum Gasteiger partial charge on any atom is 0.244 e. The van der Waals surface area contributed by atoms with Gasteiger partial charge in [0.05, 0.1) is 12.6 Å². The summed E-state index contributed by atoms with van der Waals surface area (Å²) in [5.74, 6) is 3.25. The molecule has 3 aromatic heterocycles. The predicted octanol–water partition coefficient (Wildman–Crippen LogP) is 3.52. The van der Waals surface area contributed by atoms with Gasteiger partial charge in [-0.2, -0.15) is 4.98 Å². The van der Waals surface area contributed by atoms with Crippen LogP contribution in [0.4, 0.5) is 0 Å². The third-order valence-corrected chi connectivity index (χ3v) is 3.61. The fourth-order valence-electron chi connectivity index (χ4n) is 2.38. The molecule has 3 aromatic rings. The lowest BCUT2D eigenvalue weighted by Gasteiger charge is -2.17. The second-order valence-corrected chi connectivity index (χ2v) is 5.81. The highest BCUT2D eigenvalue weighted by molar-refractivity contribution is 5.52. The molecule has 3 heterocycles. The van der Waals surface area contributed by atoms with Crippen LogP contribution < -0.4 is 5.32 Å². The highest BCUT2D eigenvalue weighted by Crippen LogP contribution is 2.23. The summed E-state index contributed by atoms with van der Waals surface area (Å²) < 4.78 is 11.0. The Morgan fingerprint density at radius 2 is 1.91 bits per heavy atom. The van der Waals surface area contributed by atoms with Gasteiger partial charge in [0.15, 0.2) is 0 Å². The minimum Gasteiger partial charge on any atom is -0.465 e. The molecule has 0 aromatic carbocycles. The highest BCUT2D eigenvalue weighted by Gasteiger charge is 2.23. The van der Waals surface area contributed by atoms with Crippen molar-refractivity contribution in [2.24, 2.45) is 5.92 Å². The summed E-state index contributed by atoms with van der Waals surface area (Å²) in [6, 6.07) is 7.60. The minimum absolute atomic E-state index is 0.0384. The van der Waals surface area contributed by atoms with Gasteiger partial charge in [-0.05, 0) is 37.1 Å². The van der Waals surface area contributed by atoms with Gasteiger partial charge in [-0.1, -0.05) is 19.0 Å². The molecule has 0 aliphatic carbocycles. The fourth-order valence-corrected chi connectivity index (χ4v) is 2.38. The molecule has 0 saturated heterocycles. The third kappa shape index (κ3) is 3.65. The topological polar surface area (TPSA) is 77.0 Å². The Kier molecular flexibility index (Phi) is 4.52. The van der Waals surface area contributed by atoms with Gasteiger partial charge in [0, 0.05) is 18.0 Å². The molecule has 6 heteroatoms. The molecule has 0 amide bonds. The molecule has 1 atom stereocenters. The predicted molar refractivity (Wildman–Crippen MR) is 85.4 cm³/mol. The summed E-state index contributed by atoms with van der Waals surface area (Å²) in [6.45, 7) is 6.77. The zero-order valence-electron chi connectivity index (χ0n) is 13.5. The zero-order valence-corrected chi connectivity index (χ0v) is 13.5. The van der Waals surface area contributed by atoms with E-state index in [0.717, 1.165) is 17.1 Å². The van der Waals surface area contributed by atoms with Gasteiger partial charge in [0.2, 0.25) is 11.7 Å². The molecule has 6 nitrogen and oxygen atoms in total. The second-order valence-electron chi connectivity index (χ2n) is 5.81. The smallest absolute Gasteiger partial charge is 0.244 e. The van der Waals surface area contributed by atoms with Crippen molar-refractivity contribution >= 4 is 0 Å². The van der Waals surface area contributed by atoms with Crippen LogP contribution >= 0.6 is 0 Å². The van der Waals surface area contributed by atoms with Crippen LogP contribution in [-0.4, -0.2) is 15.1 Å². The molecule has 0 fully saturated rings. The van der Waals surface area contributed by atoms with Crippen LogP contribution in [-0.2, 0) is 6.54 Å². The average molecular weight is 312 g/mol. The maximum absolute atomic E-state index is 5.59. The summed E-state index contributed by atoms with van der Waals surface area (Å²) in [6.07, 6.45) is 3.42. The van der Waals surface area contributed by atoms with E-state index in [-0.39, 0.29) is 6.04 Å². The number of aromatic nitrogens is 3. The molecule has 0 spiro atoms. The van der Waals surface area contributed by atoms with Crippen LogP contribution in [0.1, 0.15) is 37.3 Å². The van der Waals surface area contributed by atoms with E-state index in [1.807, 2.05) is 31.2 Å². The molecule has 0 saturated carbocycles. The Balaban J connectivity index is 1.75. The molecule has 0 aliphatic heterocycles. The number of aryl methyl sites for hydroxylation is 1. The standard InChI is InChI=1S/C17H20N4O2/c1-11(2)15(19-10-14-5-4-12(3)22-14)17-20-16(21-23-17)13-6-8-18-9-7-13/h4-9,11,15,19H,10H2,1-3H3. The Hall–Kier alpha value is -2.47. The first-order valence-electron chi connectivity index (χ1n) is 7.66. The number of pyridine rings is 1. The van der Waals surface area contributed by atoms with E-state index in [0.29, 0.717) is 24.2 Å². The Morgan fingerprint density at radius 1 is 1.13 bits per heavy atom. The van der Waals surface area contributed by atoms with Crippen molar-refractivity contribution in [3.63, 3.8) is 0 Å². The van der Waals surface area contributed by atoms with Gasteiger partial charge in [0.25, 0.3) is 0 Å².